The summed E-state index contributed by atoms with van der Waals surface area (Å²) in [6, 6.07) is 5.86. The largest absolute Gasteiger partial charge is 0.332 e. The molecule has 0 radical (unpaired) electrons. The lowest BCUT2D eigenvalue weighted by molar-refractivity contribution is -0.117. The number of hydrogen-bond donors (Lipinski definition) is 2. The topological polar surface area (TPSA) is 74.6 Å². The molecule has 0 bridgehead atoms. The van der Waals surface area contributed by atoms with Crippen molar-refractivity contribution in [2.24, 2.45) is 0 Å². The molecule has 1 aromatic rings. The second-order valence-electron chi connectivity index (χ2n) is 4.93. The molecule has 2 N–H and O–H groups in total. The summed E-state index contributed by atoms with van der Waals surface area (Å²) in [4.78, 5) is 29.0. The third kappa shape index (κ3) is 4.69. The molecule has 4 nitrogen and oxygen atoms in total. The minimum absolute atomic E-state index is 0.0401. The maximum absolute atomic E-state index is 13.1. The molecule has 0 unspecified atom stereocenters. The van der Waals surface area contributed by atoms with Crippen molar-refractivity contribution in [2.45, 2.75) is 25.7 Å². The van der Waals surface area contributed by atoms with Crippen molar-refractivity contribution in [2.75, 3.05) is 6.16 Å². The van der Waals surface area contributed by atoms with Crippen LogP contribution in [0.4, 0.5) is 4.39 Å². The maximum atomic E-state index is 13.1. The number of ketones is 1. The van der Waals surface area contributed by atoms with Crippen molar-refractivity contribution in [3.8, 4) is 0 Å². The zero-order valence-corrected chi connectivity index (χ0v) is 11.2. The van der Waals surface area contributed by atoms with Gasteiger partial charge in [0.1, 0.15) is 17.8 Å². The normalized spacial score (nSPS) is 12.5. The molecule has 0 aliphatic heterocycles. The first-order valence-electron chi connectivity index (χ1n) is 5.42. The standard InChI is InChI=1S/C12H16FO4P/c1-12(2,7-11(14)8-18(15,16)17)9-4-3-5-10(13)6-9/h3-6H,7-8H2,1-2H3,(H2,15,16,17). The van der Waals surface area contributed by atoms with Crippen LogP contribution in [0.15, 0.2) is 24.3 Å². The highest BCUT2D eigenvalue weighted by atomic mass is 31.2. The van der Waals surface area contributed by atoms with Crippen molar-refractivity contribution < 1.29 is 23.5 Å². The van der Waals surface area contributed by atoms with Gasteiger partial charge in [-0.3, -0.25) is 9.36 Å². The Morgan fingerprint density at radius 2 is 2.00 bits per heavy atom. The van der Waals surface area contributed by atoms with E-state index in [-0.39, 0.29) is 6.42 Å². The molecular weight excluding hydrogens is 258 g/mol. The van der Waals surface area contributed by atoms with Crippen molar-refractivity contribution in [3.63, 3.8) is 0 Å². The van der Waals surface area contributed by atoms with Gasteiger partial charge < -0.3 is 9.79 Å². The molecule has 0 aromatic heterocycles. The molecular formula is C12H16FO4P. The lowest BCUT2D eigenvalue weighted by atomic mass is 9.80. The minimum atomic E-state index is -4.33. The molecule has 0 heterocycles. The van der Waals surface area contributed by atoms with E-state index in [4.69, 9.17) is 9.79 Å². The summed E-state index contributed by atoms with van der Waals surface area (Å²) >= 11 is 0. The van der Waals surface area contributed by atoms with Crippen LogP contribution >= 0.6 is 7.60 Å². The summed E-state index contributed by atoms with van der Waals surface area (Å²) in [6.45, 7) is 3.47. The van der Waals surface area contributed by atoms with E-state index in [9.17, 15) is 13.8 Å². The van der Waals surface area contributed by atoms with Crippen LogP contribution in [0.3, 0.4) is 0 Å². The highest BCUT2D eigenvalue weighted by Crippen LogP contribution is 2.36. The highest BCUT2D eigenvalue weighted by molar-refractivity contribution is 7.52. The van der Waals surface area contributed by atoms with Crippen LogP contribution in [-0.4, -0.2) is 21.7 Å². The Labute approximate surface area is 105 Å². The fourth-order valence-corrected chi connectivity index (χ4v) is 2.36. The van der Waals surface area contributed by atoms with Crippen LogP contribution in [-0.2, 0) is 14.8 Å². The van der Waals surface area contributed by atoms with E-state index in [2.05, 4.69) is 0 Å². The molecule has 0 amide bonds. The zero-order chi connectivity index (χ0) is 14.0. The molecule has 0 spiro atoms. The number of hydrogen-bond acceptors (Lipinski definition) is 2. The van der Waals surface area contributed by atoms with E-state index in [1.807, 2.05) is 0 Å². The highest BCUT2D eigenvalue weighted by Gasteiger charge is 2.28. The molecule has 0 saturated heterocycles. The summed E-state index contributed by atoms with van der Waals surface area (Å²) in [7, 11) is -4.33. The van der Waals surface area contributed by atoms with Crippen molar-refractivity contribution in [1.29, 1.82) is 0 Å². The quantitative estimate of drug-likeness (QED) is 0.807. The Kier molecular flexibility index (Phi) is 4.43. The van der Waals surface area contributed by atoms with Crippen LogP contribution in [0, 0.1) is 5.82 Å². The summed E-state index contributed by atoms with van der Waals surface area (Å²) in [5, 5.41) is 0. The number of benzene rings is 1. The molecule has 0 fully saturated rings. The average molecular weight is 274 g/mol. The van der Waals surface area contributed by atoms with Crippen molar-refractivity contribution in [3.05, 3.63) is 35.6 Å². The summed E-state index contributed by atoms with van der Waals surface area (Å²) < 4.78 is 23.8. The lowest BCUT2D eigenvalue weighted by Crippen LogP contribution is -2.23. The van der Waals surface area contributed by atoms with Gasteiger partial charge in [0.15, 0.2) is 0 Å². The Hall–Kier alpha value is -1.03. The van der Waals surface area contributed by atoms with Gasteiger partial charge in [-0.05, 0) is 23.1 Å². The molecule has 100 valence electrons. The van der Waals surface area contributed by atoms with Crippen molar-refractivity contribution >= 4 is 13.4 Å². The van der Waals surface area contributed by atoms with E-state index in [1.54, 1.807) is 26.0 Å². The number of halogens is 1. The van der Waals surface area contributed by atoms with Gasteiger partial charge in [-0.1, -0.05) is 26.0 Å². The first-order chi connectivity index (χ1) is 8.10. The first-order valence-corrected chi connectivity index (χ1v) is 7.22. The molecule has 0 aliphatic rings. The SMILES string of the molecule is CC(C)(CC(=O)CP(=O)(O)O)c1cccc(F)c1. The van der Waals surface area contributed by atoms with E-state index >= 15 is 0 Å². The molecule has 0 aliphatic carbocycles. The Morgan fingerprint density at radius 3 is 2.50 bits per heavy atom. The molecule has 0 atom stereocenters. The first kappa shape index (κ1) is 15.0. The summed E-state index contributed by atoms with van der Waals surface area (Å²) in [5.41, 5.74) is -0.0319. The predicted molar refractivity (Wildman–Crippen MR) is 66.0 cm³/mol. The smallest absolute Gasteiger partial charge is 0.324 e. The molecule has 0 saturated carbocycles. The van der Waals surface area contributed by atoms with Gasteiger partial charge in [-0.2, -0.15) is 0 Å². The van der Waals surface area contributed by atoms with E-state index in [0.717, 1.165) is 0 Å². The van der Waals surface area contributed by atoms with Gasteiger partial charge in [0, 0.05) is 6.42 Å². The van der Waals surface area contributed by atoms with Gasteiger partial charge in [0.05, 0.1) is 0 Å². The summed E-state index contributed by atoms with van der Waals surface area (Å²) in [5.74, 6) is -0.930. The Balaban J connectivity index is 2.82. The monoisotopic (exact) mass is 274 g/mol. The van der Waals surface area contributed by atoms with E-state index < -0.39 is 30.8 Å². The fourth-order valence-electron chi connectivity index (χ4n) is 1.79. The third-order valence-corrected chi connectivity index (χ3v) is 3.39. The zero-order valence-electron chi connectivity index (χ0n) is 10.3. The lowest BCUT2D eigenvalue weighted by Gasteiger charge is -2.24. The maximum Gasteiger partial charge on any atom is 0.332 e. The van der Waals surface area contributed by atoms with Crippen LogP contribution in [0.25, 0.3) is 0 Å². The summed E-state index contributed by atoms with van der Waals surface area (Å²) in [6.07, 6.45) is -0.812. The second kappa shape index (κ2) is 5.31. The minimum Gasteiger partial charge on any atom is -0.324 e. The van der Waals surface area contributed by atoms with Crippen LogP contribution in [0.5, 0.6) is 0 Å². The number of carbonyl (C=O) groups excluding carboxylic acids is 1. The van der Waals surface area contributed by atoms with Crippen molar-refractivity contribution in [1.82, 2.24) is 0 Å². The number of rotatable bonds is 5. The Morgan fingerprint density at radius 1 is 1.39 bits per heavy atom. The Bertz CT molecular complexity index is 493. The van der Waals surface area contributed by atoms with Gasteiger partial charge >= 0.3 is 7.60 Å². The van der Waals surface area contributed by atoms with Gasteiger partial charge in [-0.25, -0.2) is 4.39 Å². The third-order valence-electron chi connectivity index (χ3n) is 2.63. The molecule has 18 heavy (non-hydrogen) atoms. The average Bonchev–Trinajstić information content (AvgIpc) is 2.13. The second-order valence-corrected chi connectivity index (χ2v) is 6.58. The molecule has 1 rings (SSSR count). The fraction of sp³-hybridized carbons (Fsp3) is 0.417. The van der Waals surface area contributed by atoms with Gasteiger partial charge in [-0.15, -0.1) is 0 Å². The predicted octanol–water partition coefficient (Wildman–Crippen LogP) is 2.24. The molecule has 6 heteroatoms. The number of carbonyl (C=O) groups is 1. The van der Waals surface area contributed by atoms with Crippen LogP contribution in [0.2, 0.25) is 0 Å². The van der Waals surface area contributed by atoms with Crippen LogP contribution in [0.1, 0.15) is 25.8 Å². The molecule has 1 aromatic carbocycles. The van der Waals surface area contributed by atoms with Gasteiger partial charge in [0.2, 0.25) is 0 Å². The van der Waals surface area contributed by atoms with Gasteiger partial charge in [0.25, 0.3) is 0 Å². The van der Waals surface area contributed by atoms with E-state index in [1.165, 1.54) is 12.1 Å². The van der Waals surface area contributed by atoms with Crippen LogP contribution < -0.4 is 0 Å². The van der Waals surface area contributed by atoms with E-state index in [0.29, 0.717) is 5.56 Å². The number of Topliss-reactive ketones (excluding diaryl/α,β-unsaturated/α-hetero) is 1.